The maximum atomic E-state index is 14.0. The topological polar surface area (TPSA) is 109 Å². The lowest BCUT2D eigenvalue weighted by Gasteiger charge is -2.26. The highest BCUT2D eigenvalue weighted by atomic mass is 32.1. The van der Waals surface area contributed by atoms with Crippen LogP contribution in [0.15, 0.2) is 86.1 Å². The van der Waals surface area contributed by atoms with E-state index in [1.165, 1.54) is 23.0 Å². The first-order valence-corrected chi connectivity index (χ1v) is 14.3. The van der Waals surface area contributed by atoms with Crippen LogP contribution in [0.3, 0.4) is 0 Å². The smallest absolute Gasteiger partial charge is 0.338 e. The summed E-state index contributed by atoms with van der Waals surface area (Å²) in [6, 6.07) is 17.0. The Kier molecular flexibility index (Phi) is 8.26. The number of hydrogen-bond donors (Lipinski definition) is 0. The SMILES string of the molecule is CCOC(=O)C1=C(C)N=c2s/c(=C\c3ccc(-c4ccc(C(=O)OC)cc4)o3)c(=O)n2[C@H]1c1ccccc1OC(C)C. The molecule has 3 heterocycles. The molecular weight excluding hydrogens is 556 g/mol. The summed E-state index contributed by atoms with van der Waals surface area (Å²) in [5.41, 5.74) is 2.29. The van der Waals surface area contributed by atoms with E-state index >= 15 is 0 Å². The molecule has 0 saturated heterocycles. The molecule has 42 heavy (non-hydrogen) atoms. The Morgan fingerprint density at radius 2 is 1.81 bits per heavy atom. The fourth-order valence-electron chi connectivity index (χ4n) is 4.76. The van der Waals surface area contributed by atoms with E-state index in [0.29, 0.717) is 43.4 Å². The summed E-state index contributed by atoms with van der Waals surface area (Å²) in [7, 11) is 1.33. The van der Waals surface area contributed by atoms with Gasteiger partial charge in [-0.1, -0.05) is 41.7 Å². The van der Waals surface area contributed by atoms with Gasteiger partial charge >= 0.3 is 11.9 Å². The highest BCUT2D eigenvalue weighted by Crippen LogP contribution is 2.36. The lowest BCUT2D eigenvalue weighted by atomic mass is 9.95. The van der Waals surface area contributed by atoms with E-state index in [9.17, 15) is 14.4 Å². The summed E-state index contributed by atoms with van der Waals surface area (Å²) < 4.78 is 24.2. The number of nitrogens with zero attached hydrogens (tertiary/aromatic N) is 2. The molecule has 0 fully saturated rings. The lowest BCUT2D eigenvalue weighted by molar-refractivity contribution is -0.139. The number of thiazole rings is 1. The summed E-state index contributed by atoms with van der Waals surface area (Å²) >= 11 is 1.21. The number of allylic oxidation sites excluding steroid dienone is 1. The molecular formula is C32H30N2O7S. The van der Waals surface area contributed by atoms with Gasteiger partial charge in [0.15, 0.2) is 4.80 Å². The van der Waals surface area contributed by atoms with Crippen molar-refractivity contribution in [1.82, 2.24) is 4.57 Å². The third-order valence-electron chi connectivity index (χ3n) is 6.58. The second-order valence-corrected chi connectivity index (χ2v) is 10.8. The second-order valence-electron chi connectivity index (χ2n) is 9.78. The fraction of sp³-hybridized carbons (Fsp3) is 0.250. The largest absolute Gasteiger partial charge is 0.491 e. The first-order chi connectivity index (χ1) is 20.2. The van der Waals surface area contributed by atoms with E-state index in [0.717, 1.165) is 5.56 Å². The van der Waals surface area contributed by atoms with Crippen LogP contribution in [0.25, 0.3) is 17.4 Å². The van der Waals surface area contributed by atoms with Crippen molar-refractivity contribution in [2.45, 2.75) is 39.8 Å². The molecule has 2 aromatic carbocycles. The van der Waals surface area contributed by atoms with Crippen molar-refractivity contribution < 1.29 is 28.2 Å². The number of rotatable bonds is 8. The van der Waals surface area contributed by atoms with Crippen molar-refractivity contribution in [2.75, 3.05) is 13.7 Å². The molecule has 5 rings (SSSR count). The molecule has 4 aromatic rings. The highest BCUT2D eigenvalue weighted by molar-refractivity contribution is 7.07. The number of furan rings is 1. The van der Waals surface area contributed by atoms with Gasteiger partial charge in [-0.15, -0.1) is 0 Å². The molecule has 0 N–H and O–H groups in total. The number of esters is 2. The van der Waals surface area contributed by atoms with Gasteiger partial charge in [0, 0.05) is 17.2 Å². The zero-order valence-corrected chi connectivity index (χ0v) is 24.7. The first-order valence-electron chi connectivity index (χ1n) is 13.5. The third-order valence-corrected chi connectivity index (χ3v) is 7.57. The van der Waals surface area contributed by atoms with Crippen LogP contribution in [0.1, 0.15) is 55.4 Å². The van der Waals surface area contributed by atoms with E-state index in [4.69, 9.17) is 18.6 Å². The number of carbonyl (C=O) groups is 2. The molecule has 0 spiro atoms. The average Bonchev–Trinajstić information content (AvgIpc) is 3.56. The number of methoxy groups -OCH3 is 1. The maximum absolute atomic E-state index is 14.0. The van der Waals surface area contributed by atoms with Crippen LogP contribution in [0, 0.1) is 0 Å². The van der Waals surface area contributed by atoms with Gasteiger partial charge in [0.2, 0.25) is 0 Å². The van der Waals surface area contributed by atoms with Crippen molar-refractivity contribution in [3.63, 3.8) is 0 Å². The van der Waals surface area contributed by atoms with E-state index in [1.54, 1.807) is 56.3 Å². The Balaban J connectivity index is 1.60. The van der Waals surface area contributed by atoms with Gasteiger partial charge in [-0.2, -0.15) is 0 Å². The fourth-order valence-corrected chi connectivity index (χ4v) is 5.78. The summed E-state index contributed by atoms with van der Waals surface area (Å²) in [6.07, 6.45) is 1.54. The zero-order valence-electron chi connectivity index (χ0n) is 23.9. The van der Waals surface area contributed by atoms with E-state index in [1.807, 2.05) is 38.1 Å². The Bertz CT molecular complexity index is 1860. The summed E-state index contributed by atoms with van der Waals surface area (Å²) in [5, 5.41) is 0. The van der Waals surface area contributed by atoms with Gasteiger partial charge in [0.25, 0.3) is 5.56 Å². The Hall–Kier alpha value is -4.70. The van der Waals surface area contributed by atoms with Crippen molar-refractivity contribution >= 4 is 29.4 Å². The number of carbonyl (C=O) groups excluding carboxylic acids is 2. The van der Waals surface area contributed by atoms with Gasteiger partial charge in [0.1, 0.15) is 23.3 Å². The minimum Gasteiger partial charge on any atom is -0.491 e. The molecule has 0 radical (unpaired) electrons. The van der Waals surface area contributed by atoms with Gasteiger partial charge in [-0.25, -0.2) is 14.6 Å². The normalized spacial score (nSPS) is 14.9. The highest BCUT2D eigenvalue weighted by Gasteiger charge is 2.35. The van der Waals surface area contributed by atoms with Crippen molar-refractivity contribution in [3.8, 4) is 17.1 Å². The maximum Gasteiger partial charge on any atom is 0.338 e. The third kappa shape index (κ3) is 5.58. The molecule has 1 atom stereocenters. The Morgan fingerprint density at radius 3 is 2.50 bits per heavy atom. The second kappa shape index (κ2) is 12.0. The lowest BCUT2D eigenvalue weighted by Crippen LogP contribution is -2.40. The first kappa shape index (κ1) is 28.8. The molecule has 10 heteroatoms. The van der Waals surface area contributed by atoms with Crippen LogP contribution in [0.5, 0.6) is 5.75 Å². The van der Waals surface area contributed by atoms with Crippen LogP contribution < -0.4 is 19.6 Å². The molecule has 1 aliphatic rings. The monoisotopic (exact) mass is 586 g/mol. The minimum atomic E-state index is -0.794. The van der Waals surface area contributed by atoms with Gasteiger partial charge in [0.05, 0.1) is 41.2 Å². The summed E-state index contributed by atoms with van der Waals surface area (Å²) in [4.78, 5) is 44.0. The molecule has 1 aliphatic heterocycles. The number of ether oxygens (including phenoxy) is 3. The molecule has 9 nitrogen and oxygen atoms in total. The number of fused-ring (bicyclic) bond motifs is 1. The standard InChI is InChI=1S/C32H30N2O7S/c1-6-39-31(37)27-19(4)33-32-34(28(27)23-9-7-8-10-25(23)40-18(2)3)29(35)26(42-32)17-22-15-16-24(41-22)20-11-13-21(14-12-20)30(36)38-5/h7-18,28H,6H2,1-5H3/b26-17-/t28-/m0/s1. The number of hydrogen-bond acceptors (Lipinski definition) is 9. The van der Waals surface area contributed by atoms with Crippen LogP contribution in [-0.2, 0) is 14.3 Å². The van der Waals surface area contributed by atoms with Crippen molar-refractivity contribution in [1.29, 1.82) is 0 Å². The molecule has 216 valence electrons. The average molecular weight is 587 g/mol. The quantitative estimate of drug-likeness (QED) is 0.277. The predicted octanol–water partition coefficient (Wildman–Crippen LogP) is 4.63. The molecule has 0 amide bonds. The van der Waals surface area contributed by atoms with Gasteiger partial charge in [-0.05, 0) is 58.0 Å². The van der Waals surface area contributed by atoms with Crippen LogP contribution >= 0.6 is 11.3 Å². The molecule has 0 saturated carbocycles. The molecule has 2 aromatic heterocycles. The summed E-state index contributed by atoms with van der Waals surface area (Å²) in [6.45, 7) is 7.50. The van der Waals surface area contributed by atoms with Crippen molar-refractivity contribution in [3.05, 3.63) is 109 Å². The Labute approximate surface area is 246 Å². The van der Waals surface area contributed by atoms with Crippen molar-refractivity contribution in [2.24, 2.45) is 4.99 Å². The van der Waals surface area contributed by atoms with Gasteiger partial charge < -0.3 is 18.6 Å². The number of aromatic nitrogens is 1. The Morgan fingerprint density at radius 1 is 1.07 bits per heavy atom. The van der Waals surface area contributed by atoms with Crippen LogP contribution in [0.2, 0.25) is 0 Å². The molecule has 0 bridgehead atoms. The predicted molar refractivity (Wildman–Crippen MR) is 158 cm³/mol. The number of para-hydroxylation sites is 1. The van der Waals surface area contributed by atoms with Gasteiger partial charge in [-0.3, -0.25) is 9.36 Å². The molecule has 0 aliphatic carbocycles. The van der Waals surface area contributed by atoms with E-state index in [2.05, 4.69) is 4.99 Å². The number of benzene rings is 2. The van der Waals surface area contributed by atoms with Crippen LogP contribution in [-0.4, -0.2) is 36.3 Å². The van der Waals surface area contributed by atoms with E-state index < -0.39 is 18.0 Å². The van der Waals surface area contributed by atoms with E-state index in [-0.39, 0.29) is 23.8 Å². The zero-order chi connectivity index (χ0) is 30.0. The summed E-state index contributed by atoms with van der Waals surface area (Å²) in [5.74, 6) is 0.649. The minimum absolute atomic E-state index is 0.122. The molecule has 0 unspecified atom stereocenters. The van der Waals surface area contributed by atoms with Crippen LogP contribution in [0.4, 0.5) is 0 Å².